The van der Waals surface area contributed by atoms with Gasteiger partial charge in [-0.1, -0.05) is 24.3 Å². The summed E-state index contributed by atoms with van der Waals surface area (Å²) in [5.74, 6) is 3.61. The molecule has 0 aliphatic carbocycles. The van der Waals surface area contributed by atoms with Crippen molar-refractivity contribution in [2.75, 3.05) is 42.7 Å². The molecule has 4 rings (SSSR count). The van der Waals surface area contributed by atoms with E-state index < -0.39 is 10.4 Å². The van der Waals surface area contributed by atoms with E-state index in [9.17, 15) is 0 Å². The Morgan fingerprint density at radius 1 is 0.533 bits per heavy atom. The summed E-state index contributed by atoms with van der Waals surface area (Å²) in [6.45, 7) is 0. The predicted octanol–water partition coefficient (Wildman–Crippen LogP) is 6.39. The Balaban J connectivity index is 0.000000273. The summed E-state index contributed by atoms with van der Waals surface area (Å²) in [5, 5.41) is 18.0. The highest BCUT2D eigenvalue weighted by molar-refractivity contribution is 7.79. The van der Waals surface area contributed by atoms with Crippen LogP contribution in [-0.2, 0) is 10.4 Å². The minimum atomic E-state index is -5.17. The Morgan fingerprint density at radius 3 is 1.13 bits per heavy atom. The van der Waals surface area contributed by atoms with E-state index in [0.717, 1.165) is 33.8 Å². The molecule has 0 N–H and O–H groups in total. The molecule has 0 saturated carbocycles. The summed E-state index contributed by atoms with van der Waals surface area (Å²) in [5.41, 5.74) is 4.13. The first-order valence-corrected chi connectivity index (χ1v) is 14.0. The monoisotopic (exact) mass is 638 g/mol. The van der Waals surface area contributed by atoms with Crippen molar-refractivity contribution in [2.45, 2.75) is 0 Å². The fraction of sp³-hybridized carbons (Fsp3) is 0.200. The molecule has 0 aliphatic heterocycles. The Bertz CT molecular complexity index is 1680. The van der Waals surface area contributed by atoms with E-state index in [1.165, 1.54) is 14.2 Å². The Morgan fingerprint density at radius 2 is 0.867 bits per heavy atom. The second-order valence-electron chi connectivity index (χ2n) is 8.52. The lowest BCUT2D eigenvalue weighted by Crippen LogP contribution is -1.91. The molecule has 0 radical (unpaired) electrons. The smallest absolute Gasteiger partial charge is 0.430 e. The number of ether oxygens (including phenoxy) is 6. The van der Waals surface area contributed by atoms with Gasteiger partial charge in [0.25, 0.3) is 0 Å². The third-order valence-electron chi connectivity index (χ3n) is 5.98. The highest BCUT2D eigenvalue weighted by Crippen LogP contribution is 2.42. The zero-order valence-electron chi connectivity index (χ0n) is 25.2. The average Bonchev–Trinajstić information content (AvgIpc) is 3.06. The van der Waals surface area contributed by atoms with Crippen molar-refractivity contribution in [3.63, 3.8) is 0 Å². The van der Waals surface area contributed by atoms with E-state index in [2.05, 4.69) is 9.95 Å². The van der Waals surface area contributed by atoms with E-state index in [4.69, 9.17) is 56.7 Å². The van der Waals surface area contributed by atoms with E-state index in [-0.39, 0.29) is 0 Å². The summed E-state index contributed by atoms with van der Waals surface area (Å²) in [6, 6.07) is 22.0. The molecule has 236 valence electrons. The third-order valence-corrected chi connectivity index (χ3v) is 5.98. The van der Waals surface area contributed by atoms with Gasteiger partial charge in [-0.3, -0.25) is 8.42 Å². The van der Waals surface area contributed by atoms with Crippen LogP contribution in [0.1, 0.15) is 0 Å². The van der Waals surface area contributed by atoms with Crippen LogP contribution in [0.4, 0.5) is 11.4 Å². The maximum absolute atomic E-state index is 8.98. The Labute approximate surface area is 260 Å². The number of benzene rings is 4. The molecule has 0 atom stereocenters. The van der Waals surface area contributed by atoms with Crippen molar-refractivity contribution in [3.05, 3.63) is 82.7 Å². The quantitative estimate of drug-likeness (QED) is 0.117. The highest BCUT2D eigenvalue weighted by Gasteiger charge is 2.22. The summed E-state index contributed by atoms with van der Waals surface area (Å²) in [6.07, 6.45) is 0. The van der Waals surface area contributed by atoms with Crippen molar-refractivity contribution in [1.29, 1.82) is 10.8 Å². The second-order valence-corrected chi connectivity index (χ2v) is 9.34. The molecular formula is C30H30N4O10S. The van der Waals surface area contributed by atoms with Crippen LogP contribution in [0.5, 0.6) is 34.5 Å². The molecule has 15 heteroatoms. The maximum Gasteiger partial charge on any atom is 0.430 e. The van der Waals surface area contributed by atoms with Gasteiger partial charge in [-0.15, -0.1) is 0 Å². The molecule has 0 saturated heterocycles. The minimum Gasteiger partial charge on any atom is -0.759 e. The number of nitrogens with zero attached hydrogens (tertiary/aromatic N) is 4. The number of hydrogen-bond acceptors (Lipinski definition) is 12. The summed E-state index contributed by atoms with van der Waals surface area (Å²) < 4.78 is 65.6. The second kappa shape index (κ2) is 16.9. The van der Waals surface area contributed by atoms with Crippen LogP contribution >= 0.6 is 0 Å². The van der Waals surface area contributed by atoms with Gasteiger partial charge in [-0.25, -0.2) is 0 Å². The average molecular weight is 639 g/mol. The normalized spacial score (nSPS) is 9.91. The number of diazo groups is 2. The Hall–Kier alpha value is -5.61. The topological polar surface area (TPSA) is 192 Å². The van der Waals surface area contributed by atoms with Gasteiger partial charge < -0.3 is 37.5 Å². The number of rotatable bonds is 8. The van der Waals surface area contributed by atoms with Gasteiger partial charge in [-0.05, 0) is 35.4 Å². The molecule has 0 spiro atoms. The maximum atomic E-state index is 8.98. The van der Waals surface area contributed by atoms with Crippen LogP contribution in [0.3, 0.4) is 0 Å². The van der Waals surface area contributed by atoms with Crippen molar-refractivity contribution in [3.8, 4) is 56.8 Å². The van der Waals surface area contributed by atoms with Crippen molar-refractivity contribution in [1.82, 2.24) is 0 Å². The molecule has 0 heterocycles. The lowest BCUT2D eigenvalue weighted by molar-refractivity contribution is 0.352. The van der Waals surface area contributed by atoms with Crippen LogP contribution in [0.2, 0.25) is 0 Å². The van der Waals surface area contributed by atoms with E-state index in [0.29, 0.717) is 34.4 Å². The van der Waals surface area contributed by atoms with Gasteiger partial charge in [0.2, 0.25) is 22.3 Å². The summed E-state index contributed by atoms with van der Waals surface area (Å²) in [4.78, 5) is 6.38. The van der Waals surface area contributed by atoms with E-state index in [1.807, 2.05) is 48.5 Å². The van der Waals surface area contributed by atoms with Gasteiger partial charge >= 0.3 is 11.4 Å². The summed E-state index contributed by atoms with van der Waals surface area (Å²) in [7, 11) is 4.23. The highest BCUT2D eigenvalue weighted by atomic mass is 32.3. The molecule has 4 aromatic carbocycles. The van der Waals surface area contributed by atoms with Gasteiger partial charge in [0.1, 0.15) is 23.0 Å². The van der Waals surface area contributed by atoms with Gasteiger partial charge in [0.05, 0.1) is 54.8 Å². The zero-order valence-corrected chi connectivity index (χ0v) is 26.0. The lowest BCUT2D eigenvalue weighted by atomic mass is 10.0. The molecule has 0 aromatic heterocycles. The van der Waals surface area contributed by atoms with Crippen molar-refractivity contribution < 1.29 is 45.9 Å². The molecule has 0 amide bonds. The largest absolute Gasteiger partial charge is 0.759 e. The molecule has 45 heavy (non-hydrogen) atoms. The molecule has 0 fully saturated rings. The third kappa shape index (κ3) is 10.3. The SMILES string of the molecule is COc1cccc(-c2cc(OC)c([N+]#N)cc2OC)c1.COc1cccc(-c2cc(OC)c([N+]#N)cc2OC)c1.O=S(=O)([O-])[O-]. The standard InChI is InChI=1S/2C15H15N2O3.H2O4S/c2*1-18-11-6-4-5-10(7-11)12-8-15(20-3)13(17-16)9-14(12)19-2;1-5(2,3)4/h2*4-9H,1-3H3;(H2,1,2,3,4)/q2*+1;/p-2. The number of methoxy groups -OCH3 is 6. The van der Waals surface area contributed by atoms with E-state index in [1.54, 1.807) is 52.7 Å². The first-order valence-electron chi connectivity index (χ1n) is 12.6. The van der Waals surface area contributed by atoms with Gasteiger partial charge in [-0.2, -0.15) is 0 Å². The molecule has 0 aliphatic rings. The van der Waals surface area contributed by atoms with Crippen LogP contribution in [-0.4, -0.2) is 60.2 Å². The predicted molar refractivity (Wildman–Crippen MR) is 163 cm³/mol. The zero-order chi connectivity index (χ0) is 33.6. The first kappa shape index (κ1) is 35.6. The molecule has 4 aromatic rings. The first-order chi connectivity index (χ1) is 21.5. The Kier molecular flexibility index (Phi) is 13.3. The summed E-state index contributed by atoms with van der Waals surface area (Å²) >= 11 is 0. The van der Waals surface area contributed by atoms with Crippen molar-refractivity contribution in [2.24, 2.45) is 0 Å². The van der Waals surface area contributed by atoms with Crippen LogP contribution in [0.15, 0.2) is 72.8 Å². The fourth-order valence-electron chi connectivity index (χ4n) is 3.95. The molecule has 0 unspecified atom stereocenters. The van der Waals surface area contributed by atoms with E-state index >= 15 is 0 Å². The van der Waals surface area contributed by atoms with Crippen molar-refractivity contribution >= 4 is 21.8 Å². The number of hydrogen-bond donors (Lipinski definition) is 0. The fourth-order valence-corrected chi connectivity index (χ4v) is 3.95. The molecular weight excluding hydrogens is 608 g/mol. The van der Waals surface area contributed by atoms with Crippen LogP contribution in [0.25, 0.3) is 32.2 Å². The van der Waals surface area contributed by atoms with Gasteiger partial charge in [0.15, 0.2) is 9.95 Å². The van der Waals surface area contributed by atoms with Crippen LogP contribution < -0.4 is 28.4 Å². The molecule has 14 nitrogen and oxygen atoms in total. The molecule has 0 bridgehead atoms. The van der Waals surface area contributed by atoms with Crippen LogP contribution in [0, 0.1) is 10.8 Å². The van der Waals surface area contributed by atoms with Gasteiger partial charge in [0, 0.05) is 33.7 Å². The lowest BCUT2D eigenvalue weighted by Gasteiger charge is -2.10. The minimum absolute atomic E-state index is 0.316.